The molecule has 0 atom stereocenters. The lowest BCUT2D eigenvalue weighted by atomic mass is 10.2. The van der Waals surface area contributed by atoms with Gasteiger partial charge in [-0.3, -0.25) is 9.47 Å². The molecule has 3 rings (SSSR count). The van der Waals surface area contributed by atoms with Gasteiger partial charge in [-0.25, -0.2) is 14.3 Å². The molecule has 0 aliphatic carbocycles. The van der Waals surface area contributed by atoms with Crippen LogP contribution in [-0.2, 0) is 19.5 Å². The second kappa shape index (κ2) is 7.38. The molecular formula is C16H28N6O2. The topological polar surface area (TPSA) is 75.4 Å². The summed E-state index contributed by atoms with van der Waals surface area (Å²) in [6, 6.07) is 0.178. The van der Waals surface area contributed by atoms with E-state index < -0.39 is 0 Å². The number of rotatable bonds is 4. The minimum Gasteiger partial charge on any atom is -0.336 e. The number of aromatic nitrogens is 3. The molecule has 134 valence electrons. The van der Waals surface area contributed by atoms with Crippen LogP contribution in [0.3, 0.4) is 0 Å². The van der Waals surface area contributed by atoms with Crippen LogP contribution in [0.15, 0.2) is 4.79 Å². The molecule has 2 aliphatic heterocycles. The number of nitrogens with one attached hydrogen (secondary N) is 1. The summed E-state index contributed by atoms with van der Waals surface area (Å²) < 4.78 is 3.43. The van der Waals surface area contributed by atoms with Crippen LogP contribution in [0.25, 0.3) is 0 Å². The van der Waals surface area contributed by atoms with Gasteiger partial charge in [-0.05, 0) is 26.7 Å². The predicted octanol–water partition coefficient (Wildman–Crippen LogP) is 0.117. The van der Waals surface area contributed by atoms with Gasteiger partial charge in [0.1, 0.15) is 5.82 Å². The summed E-state index contributed by atoms with van der Waals surface area (Å²) in [5.41, 5.74) is 0.0275. The summed E-state index contributed by atoms with van der Waals surface area (Å²) in [7, 11) is 0. The highest BCUT2D eigenvalue weighted by Crippen LogP contribution is 2.09. The van der Waals surface area contributed by atoms with Crippen LogP contribution in [0.1, 0.15) is 32.5 Å². The van der Waals surface area contributed by atoms with Crippen molar-refractivity contribution in [2.45, 2.75) is 52.2 Å². The third kappa shape index (κ3) is 3.80. The van der Waals surface area contributed by atoms with Gasteiger partial charge in [0.05, 0.1) is 6.54 Å². The van der Waals surface area contributed by atoms with E-state index in [1.807, 2.05) is 23.3 Å². The van der Waals surface area contributed by atoms with Crippen LogP contribution in [-0.4, -0.2) is 68.9 Å². The third-order valence-corrected chi connectivity index (χ3v) is 4.73. The van der Waals surface area contributed by atoms with Gasteiger partial charge in [0.2, 0.25) is 0 Å². The molecule has 1 fully saturated rings. The highest BCUT2D eigenvalue weighted by molar-refractivity contribution is 5.74. The molecular weight excluding hydrogens is 308 g/mol. The van der Waals surface area contributed by atoms with Gasteiger partial charge in [-0.2, -0.15) is 5.10 Å². The molecule has 24 heavy (non-hydrogen) atoms. The quantitative estimate of drug-likeness (QED) is 0.847. The molecule has 1 aromatic heterocycles. The molecule has 0 spiro atoms. The van der Waals surface area contributed by atoms with Crippen molar-refractivity contribution in [1.82, 2.24) is 29.5 Å². The summed E-state index contributed by atoms with van der Waals surface area (Å²) in [5.74, 6) is 0.932. The molecule has 1 aromatic rings. The number of nitrogens with zero attached hydrogens (tertiary/aromatic N) is 5. The first kappa shape index (κ1) is 17.0. The molecule has 0 aromatic carbocycles. The van der Waals surface area contributed by atoms with E-state index in [0.29, 0.717) is 6.54 Å². The van der Waals surface area contributed by atoms with E-state index in [-0.39, 0.29) is 17.8 Å². The first-order chi connectivity index (χ1) is 11.5. The average molecular weight is 336 g/mol. The van der Waals surface area contributed by atoms with Gasteiger partial charge in [0.25, 0.3) is 0 Å². The minimum absolute atomic E-state index is 0.0163. The molecule has 8 heteroatoms. The van der Waals surface area contributed by atoms with Crippen molar-refractivity contribution >= 4 is 6.03 Å². The molecule has 0 unspecified atom stereocenters. The van der Waals surface area contributed by atoms with Gasteiger partial charge in [0, 0.05) is 51.7 Å². The molecule has 1 saturated heterocycles. The molecule has 0 radical (unpaired) electrons. The number of fused-ring (bicyclic) bond motifs is 1. The fourth-order valence-corrected chi connectivity index (χ4v) is 3.34. The van der Waals surface area contributed by atoms with E-state index in [2.05, 4.69) is 15.3 Å². The minimum atomic E-state index is 0.0163. The van der Waals surface area contributed by atoms with Crippen LogP contribution in [0.4, 0.5) is 4.79 Å². The Balaban J connectivity index is 1.48. The largest absolute Gasteiger partial charge is 0.345 e. The molecule has 3 heterocycles. The predicted molar refractivity (Wildman–Crippen MR) is 91.1 cm³/mol. The standard InChI is InChI=1S/C16H28N6O2/c1-13(2)17-15(23)20-10-7-19(8-11-20)9-12-22-16(24)21-6-4-3-5-14(21)18-22/h13H,3-12H2,1-2H3,(H,17,23). The van der Waals surface area contributed by atoms with Gasteiger partial charge in [0.15, 0.2) is 0 Å². The maximum atomic E-state index is 12.3. The van der Waals surface area contributed by atoms with Gasteiger partial charge >= 0.3 is 11.7 Å². The Bertz CT molecular complexity index is 627. The number of hydrogen-bond donors (Lipinski definition) is 1. The van der Waals surface area contributed by atoms with Crippen molar-refractivity contribution in [3.8, 4) is 0 Å². The Labute approximate surface area is 142 Å². The Kier molecular flexibility index (Phi) is 5.23. The highest BCUT2D eigenvalue weighted by Gasteiger charge is 2.22. The monoisotopic (exact) mass is 336 g/mol. The van der Waals surface area contributed by atoms with Gasteiger partial charge in [-0.1, -0.05) is 0 Å². The van der Waals surface area contributed by atoms with E-state index in [1.165, 1.54) is 0 Å². The van der Waals surface area contributed by atoms with Crippen LogP contribution in [0, 0.1) is 0 Å². The summed E-state index contributed by atoms with van der Waals surface area (Å²) in [4.78, 5) is 28.5. The summed E-state index contributed by atoms with van der Waals surface area (Å²) in [5, 5.41) is 7.41. The SMILES string of the molecule is CC(C)NC(=O)N1CCN(CCn2nc3n(c2=O)CCCC3)CC1. The molecule has 0 bridgehead atoms. The molecule has 1 N–H and O–H groups in total. The number of piperazine rings is 1. The highest BCUT2D eigenvalue weighted by atomic mass is 16.2. The number of amides is 2. The molecule has 8 nitrogen and oxygen atoms in total. The first-order valence-corrected chi connectivity index (χ1v) is 8.99. The van der Waals surface area contributed by atoms with Crippen molar-refractivity contribution in [2.24, 2.45) is 0 Å². The van der Waals surface area contributed by atoms with Gasteiger partial charge < -0.3 is 10.2 Å². The number of hydrogen-bond acceptors (Lipinski definition) is 4. The molecule has 2 aliphatic rings. The maximum Gasteiger partial charge on any atom is 0.345 e. The van der Waals surface area contributed by atoms with E-state index in [1.54, 1.807) is 4.68 Å². The summed E-state index contributed by atoms with van der Waals surface area (Å²) in [6.45, 7) is 9.31. The van der Waals surface area contributed by atoms with Crippen LogP contribution < -0.4 is 11.0 Å². The van der Waals surface area contributed by atoms with Crippen LogP contribution in [0.2, 0.25) is 0 Å². The number of urea groups is 1. The van der Waals surface area contributed by atoms with Crippen molar-refractivity contribution in [1.29, 1.82) is 0 Å². The number of aryl methyl sites for hydroxylation is 1. The second-order valence-corrected chi connectivity index (χ2v) is 6.96. The van der Waals surface area contributed by atoms with Crippen LogP contribution >= 0.6 is 0 Å². The number of carbonyl (C=O) groups excluding carboxylic acids is 1. The van der Waals surface area contributed by atoms with Crippen molar-refractivity contribution in [3.63, 3.8) is 0 Å². The van der Waals surface area contributed by atoms with E-state index in [4.69, 9.17) is 0 Å². The number of carbonyl (C=O) groups is 1. The van der Waals surface area contributed by atoms with Crippen LogP contribution in [0.5, 0.6) is 0 Å². The lowest BCUT2D eigenvalue weighted by molar-refractivity contribution is 0.134. The first-order valence-electron chi connectivity index (χ1n) is 8.99. The Hall–Kier alpha value is -1.83. The van der Waals surface area contributed by atoms with Crippen molar-refractivity contribution in [3.05, 3.63) is 16.3 Å². The zero-order valence-electron chi connectivity index (χ0n) is 14.7. The van der Waals surface area contributed by atoms with Gasteiger partial charge in [-0.15, -0.1) is 0 Å². The Morgan fingerprint density at radius 1 is 1.12 bits per heavy atom. The second-order valence-electron chi connectivity index (χ2n) is 6.96. The third-order valence-electron chi connectivity index (χ3n) is 4.73. The lowest BCUT2D eigenvalue weighted by Crippen LogP contribution is -2.53. The van der Waals surface area contributed by atoms with E-state index >= 15 is 0 Å². The normalized spacial score (nSPS) is 18.7. The Morgan fingerprint density at radius 3 is 2.54 bits per heavy atom. The zero-order valence-corrected chi connectivity index (χ0v) is 14.7. The van der Waals surface area contributed by atoms with Crippen molar-refractivity contribution in [2.75, 3.05) is 32.7 Å². The fraction of sp³-hybridized carbons (Fsp3) is 0.812. The summed E-state index contributed by atoms with van der Waals surface area (Å²) in [6.07, 6.45) is 3.10. The van der Waals surface area contributed by atoms with Crippen molar-refractivity contribution < 1.29 is 4.79 Å². The zero-order chi connectivity index (χ0) is 17.1. The Morgan fingerprint density at radius 2 is 1.88 bits per heavy atom. The maximum absolute atomic E-state index is 12.3. The molecule has 2 amide bonds. The fourth-order valence-electron chi connectivity index (χ4n) is 3.34. The van der Waals surface area contributed by atoms with E-state index in [9.17, 15) is 9.59 Å². The molecule has 0 saturated carbocycles. The average Bonchev–Trinajstić information content (AvgIpc) is 2.89. The lowest BCUT2D eigenvalue weighted by Gasteiger charge is -2.34. The smallest absolute Gasteiger partial charge is 0.336 e. The van der Waals surface area contributed by atoms with E-state index in [0.717, 1.165) is 64.4 Å². The summed E-state index contributed by atoms with van der Waals surface area (Å²) >= 11 is 0.